The van der Waals surface area contributed by atoms with Crippen LogP contribution in [-0.2, 0) is 16.0 Å². The highest BCUT2D eigenvalue weighted by Gasteiger charge is 2.30. The van der Waals surface area contributed by atoms with E-state index in [1.807, 2.05) is 12.1 Å². The van der Waals surface area contributed by atoms with Crippen molar-refractivity contribution >= 4 is 5.97 Å². The van der Waals surface area contributed by atoms with E-state index in [1.165, 1.54) is 23.8 Å². The lowest BCUT2D eigenvalue weighted by atomic mass is 9.78. The Hall–Kier alpha value is -2.09. The molecule has 0 aromatic heterocycles. The van der Waals surface area contributed by atoms with E-state index < -0.39 is 0 Å². The number of carbonyl (C=O) groups is 1. The Bertz CT molecular complexity index is 643. The van der Waals surface area contributed by atoms with E-state index in [9.17, 15) is 4.79 Å². The highest BCUT2D eigenvalue weighted by molar-refractivity contribution is 5.86. The lowest BCUT2D eigenvalue weighted by Crippen LogP contribution is -2.21. The summed E-state index contributed by atoms with van der Waals surface area (Å²) >= 11 is 0. The Kier molecular flexibility index (Phi) is 2.86. The number of methoxy groups -OCH3 is 1. The van der Waals surface area contributed by atoms with Gasteiger partial charge in [0.15, 0.2) is 0 Å². The summed E-state index contributed by atoms with van der Waals surface area (Å²) in [5, 5.41) is 0. The van der Waals surface area contributed by atoms with Crippen molar-refractivity contribution in [2.45, 2.75) is 19.3 Å². The molecular formula is C17H16O2. The summed E-state index contributed by atoms with van der Waals surface area (Å²) in [4.78, 5) is 12.0. The first-order chi connectivity index (χ1) is 9.20. The largest absolute Gasteiger partial charge is 0.469 e. The molecule has 0 radical (unpaired) electrons. The van der Waals surface area contributed by atoms with Crippen molar-refractivity contribution in [2.24, 2.45) is 0 Å². The molecule has 2 aromatic carbocycles. The number of benzene rings is 2. The summed E-state index contributed by atoms with van der Waals surface area (Å²) in [6, 6.07) is 14.6. The van der Waals surface area contributed by atoms with Gasteiger partial charge in [0.1, 0.15) is 0 Å². The molecular weight excluding hydrogens is 236 g/mol. The van der Waals surface area contributed by atoms with Gasteiger partial charge >= 0.3 is 5.97 Å². The molecule has 19 heavy (non-hydrogen) atoms. The highest BCUT2D eigenvalue weighted by atomic mass is 16.5. The average molecular weight is 252 g/mol. The molecule has 0 saturated carbocycles. The van der Waals surface area contributed by atoms with Crippen LogP contribution in [-0.4, -0.2) is 13.1 Å². The molecule has 96 valence electrons. The molecule has 0 aliphatic heterocycles. The second-order valence-corrected chi connectivity index (χ2v) is 5.03. The molecule has 2 heteroatoms. The second kappa shape index (κ2) is 4.54. The summed E-state index contributed by atoms with van der Waals surface area (Å²) in [6.07, 6.45) is 0.722. The lowest BCUT2D eigenvalue weighted by molar-refractivity contribution is -0.142. The molecule has 3 rings (SSSR count). The fourth-order valence-corrected chi connectivity index (χ4v) is 2.86. The van der Waals surface area contributed by atoms with Gasteiger partial charge in [-0.2, -0.15) is 0 Å². The number of esters is 1. The third-order valence-corrected chi connectivity index (χ3v) is 3.80. The van der Waals surface area contributed by atoms with Crippen LogP contribution in [0, 0.1) is 6.92 Å². The van der Waals surface area contributed by atoms with Crippen LogP contribution in [0.25, 0.3) is 11.1 Å². The molecule has 2 nitrogen and oxygen atoms in total. The van der Waals surface area contributed by atoms with E-state index in [0.717, 1.165) is 17.5 Å². The number of hydrogen-bond acceptors (Lipinski definition) is 2. The Morgan fingerprint density at radius 1 is 1.16 bits per heavy atom. The monoisotopic (exact) mass is 252 g/mol. The first-order valence-electron chi connectivity index (χ1n) is 6.47. The van der Waals surface area contributed by atoms with Gasteiger partial charge in [-0.15, -0.1) is 0 Å². The number of aryl methyl sites for hydroxylation is 1. The maximum atomic E-state index is 12.0. The summed E-state index contributed by atoms with van der Waals surface area (Å²) in [5.41, 5.74) is 5.87. The number of hydrogen-bond donors (Lipinski definition) is 0. The van der Waals surface area contributed by atoms with Crippen molar-refractivity contribution in [1.29, 1.82) is 0 Å². The Morgan fingerprint density at radius 2 is 1.95 bits per heavy atom. The van der Waals surface area contributed by atoms with Crippen molar-refractivity contribution in [3.05, 3.63) is 59.2 Å². The molecule has 1 aliphatic rings. The molecule has 0 unspecified atom stereocenters. The summed E-state index contributed by atoms with van der Waals surface area (Å²) in [7, 11) is 1.46. The van der Waals surface area contributed by atoms with Gasteiger partial charge in [0.2, 0.25) is 0 Å². The zero-order chi connectivity index (χ0) is 13.4. The van der Waals surface area contributed by atoms with Crippen molar-refractivity contribution in [2.75, 3.05) is 7.11 Å². The van der Waals surface area contributed by atoms with Crippen LogP contribution in [0.4, 0.5) is 0 Å². The standard InChI is InChI=1S/C17H16O2/c1-11-7-8-14-13-6-4-3-5-12(13)10-16(15(14)9-11)17(18)19-2/h3-9,16H,10H2,1-2H3/t16-/m0/s1. The molecule has 1 aliphatic carbocycles. The minimum atomic E-state index is -0.185. The number of rotatable bonds is 1. The fraction of sp³-hybridized carbons (Fsp3) is 0.235. The van der Waals surface area contributed by atoms with Crippen LogP contribution >= 0.6 is 0 Å². The minimum absolute atomic E-state index is 0.152. The molecule has 0 saturated heterocycles. The topological polar surface area (TPSA) is 26.3 Å². The van der Waals surface area contributed by atoms with Crippen molar-refractivity contribution in [3.8, 4) is 11.1 Å². The predicted molar refractivity (Wildman–Crippen MR) is 75.1 cm³/mol. The molecule has 0 amide bonds. The van der Waals surface area contributed by atoms with E-state index in [4.69, 9.17) is 4.74 Å². The first-order valence-corrected chi connectivity index (χ1v) is 6.47. The third-order valence-electron chi connectivity index (χ3n) is 3.80. The van der Waals surface area contributed by atoms with Crippen LogP contribution < -0.4 is 0 Å². The Balaban J connectivity index is 2.22. The van der Waals surface area contributed by atoms with Crippen molar-refractivity contribution < 1.29 is 9.53 Å². The predicted octanol–water partition coefficient (Wildman–Crippen LogP) is 3.47. The quantitative estimate of drug-likeness (QED) is 0.726. The van der Waals surface area contributed by atoms with Crippen LogP contribution in [0.3, 0.4) is 0 Å². The van der Waals surface area contributed by atoms with E-state index in [-0.39, 0.29) is 11.9 Å². The maximum absolute atomic E-state index is 12.0. The van der Waals surface area contributed by atoms with Gasteiger partial charge in [0, 0.05) is 0 Å². The number of ether oxygens (including phenoxy) is 1. The summed E-state index contributed by atoms with van der Waals surface area (Å²) in [5.74, 6) is -0.337. The van der Waals surface area contributed by atoms with Crippen LogP contribution in [0.5, 0.6) is 0 Å². The van der Waals surface area contributed by atoms with Crippen LogP contribution in [0.2, 0.25) is 0 Å². The molecule has 0 bridgehead atoms. The van der Waals surface area contributed by atoms with Crippen LogP contribution in [0.1, 0.15) is 22.6 Å². The van der Waals surface area contributed by atoms with Gasteiger partial charge in [-0.25, -0.2) is 0 Å². The molecule has 1 atom stereocenters. The van der Waals surface area contributed by atoms with Gasteiger partial charge in [0.25, 0.3) is 0 Å². The van der Waals surface area contributed by atoms with Gasteiger partial charge in [-0.05, 0) is 35.6 Å². The number of fused-ring (bicyclic) bond motifs is 3. The molecule has 2 aromatic rings. The lowest BCUT2D eigenvalue weighted by Gasteiger charge is -2.26. The van der Waals surface area contributed by atoms with Crippen molar-refractivity contribution in [3.63, 3.8) is 0 Å². The first kappa shape index (κ1) is 12.0. The zero-order valence-electron chi connectivity index (χ0n) is 11.1. The van der Waals surface area contributed by atoms with E-state index in [0.29, 0.717) is 0 Å². The van der Waals surface area contributed by atoms with Crippen molar-refractivity contribution in [1.82, 2.24) is 0 Å². The average Bonchev–Trinajstić information content (AvgIpc) is 2.45. The smallest absolute Gasteiger partial charge is 0.313 e. The van der Waals surface area contributed by atoms with E-state index >= 15 is 0 Å². The van der Waals surface area contributed by atoms with E-state index in [1.54, 1.807) is 0 Å². The van der Waals surface area contributed by atoms with Gasteiger partial charge in [-0.1, -0.05) is 48.0 Å². The summed E-state index contributed by atoms with van der Waals surface area (Å²) < 4.78 is 4.96. The highest BCUT2D eigenvalue weighted by Crippen LogP contribution is 2.40. The maximum Gasteiger partial charge on any atom is 0.313 e. The second-order valence-electron chi connectivity index (χ2n) is 5.03. The molecule has 0 spiro atoms. The SMILES string of the molecule is COC(=O)[C@H]1Cc2ccccc2-c2ccc(C)cc21. The fourth-order valence-electron chi connectivity index (χ4n) is 2.86. The summed E-state index contributed by atoms with van der Waals surface area (Å²) in [6.45, 7) is 2.05. The molecule has 0 N–H and O–H groups in total. The number of carbonyl (C=O) groups excluding carboxylic acids is 1. The minimum Gasteiger partial charge on any atom is -0.469 e. The zero-order valence-corrected chi connectivity index (χ0v) is 11.1. The van der Waals surface area contributed by atoms with Crippen LogP contribution in [0.15, 0.2) is 42.5 Å². The normalized spacial score (nSPS) is 16.4. The molecule has 0 fully saturated rings. The van der Waals surface area contributed by atoms with Gasteiger partial charge in [0.05, 0.1) is 13.0 Å². The third kappa shape index (κ3) is 1.93. The Morgan fingerprint density at radius 3 is 2.74 bits per heavy atom. The molecule has 0 heterocycles. The van der Waals surface area contributed by atoms with Gasteiger partial charge < -0.3 is 4.74 Å². The van der Waals surface area contributed by atoms with Gasteiger partial charge in [-0.3, -0.25) is 4.79 Å². The Labute approximate surface area is 113 Å². The van der Waals surface area contributed by atoms with E-state index in [2.05, 4.69) is 37.3 Å².